The summed E-state index contributed by atoms with van der Waals surface area (Å²) in [5.74, 6) is 1.65. The van der Waals surface area contributed by atoms with Gasteiger partial charge < -0.3 is 10.1 Å². The molecule has 1 N–H and O–H groups in total. The third-order valence-electron chi connectivity index (χ3n) is 2.63. The highest BCUT2D eigenvalue weighted by Crippen LogP contribution is 2.18. The topological polar surface area (TPSA) is 21.3 Å². The molecule has 0 aliphatic rings. The molecule has 1 aromatic carbocycles. The fourth-order valence-corrected chi connectivity index (χ4v) is 2.42. The lowest BCUT2D eigenvalue weighted by atomic mass is 10.2. The van der Waals surface area contributed by atoms with E-state index in [1.165, 1.54) is 16.9 Å². The van der Waals surface area contributed by atoms with E-state index in [0.717, 1.165) is 32.1 Å². The van der Waals surface area contributed by atoms with Crippen molar-refractivity contribution in [2.24, 2.45) is 5.92 Å². The predicted molar refractivity (Wildman–Crippen MR) is 84.8 cm³/mol. The van der Waals surface area contributed by atoms with E-state index in [-0.39, 0.29) is 0 Å². The molecular weight excluding hydrogens is 254 g/mol. The number of benzene rings is 1. The summed E-state index contributed by atoms with van der Waals surface area (Å²) in [6.07, 6.45) is 1.18. The summed E-state index contributed by atoms with van der Waals surface area (Å²) in [4.78, 5) is 1.33. The Morgan fingerprint density at radius 3 is 2.58 bits per heavy atom. The molecule has 1 aromatic rings. The first-order valence-corrected chi connectivity index (χ1v) is 8.21. The molecule has 0 saturated carbocycles. The largest absolute Gasteiger partial charge is 0.380 e. The minimum atomic E-state index is 0.625. The number of hydrogen-bond donors (Lipinski definition) is 1. The van der Waals surface area contributed by atoms with Gasteiger partial charge >= 0.3 is 0 Å². The van der Waals surface area contributed by atoms with Gasteiger partial charge in [-0.3, -0.25) is 0 Å². The Bertz CT molecular complexity index is 324. The Morgan fingerprint density at radius 1 is 1.21 bits per heavy atom. The van der Waals surface area contributed by atoms with Gasteiger partial charge in [0.25, 0.3) is 0 Å². The fourth-order valence-electron chi connectivity index (χ4n) is 1.65. The van der Waals surface area contributed by atoms with Crippen LogP contribution in [0.25, 0.3) is 0 Å². The Labute approximate surface area is 122 Å². The molecule has 0 atom stereocenters. The van der Waals surface area contributed by atoms with Gasteiger partial charge in [0.1, 0.15) is 0 Å². The zero-order valence-electron chi connectivity index (χ0n) is 12.4. The van der Waals surface area contributed by atoms with E-state index in [1.54, 1.807) is 0 Å². The van der Waals surface area contributed by atoms with Crippen LogP contribution in [0.2, 0.25) is 0 Å². The molecule has 0 heterocycles. The van der Waals surface area contributed by atoms with Crippen molar-refractivity contribution in [1.82, 2.24) is 5.32 Å². The summed E-state index contributed by atoms with van der Waals surface area (Å²) in [7, 11) is 0. The second-order valence-electron chi connectivity index (χ2n) is 5.14. The van der Waals surface area contributed by atoms with Crippen LogP contribution in [0.4, 0.5) is 0 Å². The third-order valence-corrected chi connectivity index (χ3v) is 3.60. The van der Waals surface area contributed by atoms with E-state index < -0.39 is 0 Å². The predicted octanol–water partition coefficient (Wildman–Crippen LogP) is 3.95. The molecule has 0 unspecified atom stereocenters. The van der Waals surface area contributed by atoms with Gasteiger partial charge in [-0.1, -0.05) is 32.9 Å². The molecule has 19 heavy (non-hydrogen) atoms. The minimum Gasteiger partial charge on any atom is -0.380 e. The van der Waals surface area contributed by atoms with Crippen LogP contribution < -0.4 is 5.32 Å². The smallest absolute Gasteiger partial charge is 0.0560 e. The quantitative estimate of drug-likeness (QED) is 0.518. The van der Waals surface area contributed by atoms with Crippen molar-refractivity contribution in [3.63, 3.8) is 0 Å². The van der Waals surface area contributed by atoms with E-state index in [1.807, 2.05) is 11.8 Å². The van der Waals surface area contributed by atoms with E-state index in [0.29, 0.717) is 5.92 Å². The van der Waals surface area contributed by atoms with Crippen LogP contribution in [0, 0.1) is 5.92 Å². The number of hydrogen-bond acceptors (Lipinski definition) is 3. The highest BCUT2D eigenvalue weighted by atomic mass is 32.2. The summed E-state index contributed by atoms with van der Waals surface area (Å²) < 4.78 is 5.58. The zero-order valence-corrected chi connectivity index (χ0v) is 13.3. The summed E-state index contributed by atoms with van der Waals surface area (Å²) in [5.41, 5.74) is 1.36. The molecule has 3 heteroatoms. The molecular formula is C16H27NOS. The van der Waals surface area contributed by atoms with Crippen LogP contribution in [-0.4, -0.2) is 25.5 Å². The normalized spacial score (nSPS) is 11.2. The molecule has 0 radical (unpaired) electrons. The van der Waals surface area contributed by atoms with Crippen LogP contribution in [0.1, 0.15) is 32.8 Å². The molecule has 108 valence electrons. The maximum Gasteiger partial charge on any atom is 0.0560 e. The van der Waals surface area contributed by atoms with Crippen LogP contribution in [0.5, 0.6) is 0 Å². The Balaban J connectivity index is 2.17. The molecule has 0 spiro atoms. The van der Waals surface area contributed by atoms with Gasteiger partial charge in [0.15, 0.2) is 0 Å². The average molecular weight is 281 g/mol. The number of thioether (sulfide) groups is 1. The van der Waals surface area contributed by atoms with Gasteiger partial charge in [-0.2, -0.15) is 0 Å². The summed E-state index contributed by atoms with van der Waals surface area (Å²) in [6.45, 7) is 10.3. The second-order valence-corrected chi connectivity index (χ2v) is 6.31. The minimum absolute atomic E-state index is 0.625. The van der Waals surface area contributed by atoms with E-state index in [4.69, 9.17) is 4.74 Å². The first-order valence-electron chi connectivity index (χ1n) is 7.22. The molecule has 0 fully saturated rings. The first-order chi connectivity index (χ1) is 9.22. The van der Waals surface area contributed by atoms with Crippen molar-refractivity contribution < 1.29 is 4.74 Å². The molecule has 0 aliphatic carbocycles. The Morgan fingerprint density at radius 2 is 1.95 bits per heavy atom. The average Bonchev–Trinajstić information content (AvgIpc) is 2.40. The highest BCUT2D eigenvalue weighted by molar-refractivity contribution is 7.99. The molecule has 0 amide bonds. The van der Waals surface area contributed by atoms with Crippen molar-refractivity contribution in [2.45, 2.75) is 38.6 Å². The molecule has 0 aliphatic heterocycles. The van der Waals surface area contributed by atoms with Crippen molar-refractivity contribution in [1.29, 1.82) is 0 Å². The molecule has 1 rings (SSSR count). The molecule has 2 nitrogen and oxygen atoms in total. The standard InChI is InChI=1S/C16H27NOS/c1-4-9-17-12-15-5-7-16(8-6-15)19-11-10-18-13-14(2)3/h5-8,14,17H,4,9-13H2,1-3H3. The highest BCUT2D eigenvalue weighted by Gasteiger charge is 1.97. The van der Waals surface area contributed by atoms with Crippen molar-refractivity contribution in [3.05, 3.63) is 29.8 Å². The fraction of sp³-hybridized carbons (Fsp3) is 0.625. The first kappa shape index (κ1) is 16.5. The van der Waals surface area contributed by atoms with Crippen LogP contribution >= 0.6 is 11.8 Å². The number of ether oxygens (including phenoxy) is 1. The lowest BCUT2D eigenvalue weighted by Gasteiger charge is -2.07. The number of rotatable bonds is 10. The third kappa shape index (κ3) is 8.30. The lowest BCUT2D eigenvalue weighted by molar-refractivity contribution is 0.124. The molecule has 0 saturated heterocycles. The second kappa shape index (κ2) is 10.3. The van der Waals surface area contributed by atoms with Crippen LogP contribution in [0.3, 0.4) is 0 Å². The molecule has 0 bridgehead atoms. The van der Waals surface area contributed by atoms with Gasteiger partial charge in [0.05, 0.1) is 6.61 Å². The van der Waals surface area contributed by atoms with Gasteiger partial charge in [-0.05, 0) is 36.6 Å². The van der Waals surface area contributed by atoms with Gasteiger partial charge in [-0.25, -0.2) is 0 Å². The van der Waals surface area contributed by atoms with Gasteiger partial charge in [0, 0.05) is 23.8 Å². The van der Waals surface area contributed by atoms with Gasteiger partial charge in [0.2, 0.25) is 0 Å². The SMILES string of the molecule is CCCNCc1ccc(SCCOCC(C)C)cc1. The van der Waals surface area contributed by atoms with Crippen LogP contribution in [-0.2, 0) is 11.3 Å². The lowest BCUT2D eigenvalue weighted by Crippen LogP contribution is -2.13. The Hall–Kier alpha value is -0.510. The summed E-state index contributed by atoms with van der Waals surface area (Å²) >= 11 is 1.86. The van der Waals surface area contributed by atoms with Crippen molar-refractivity contribution >= 4 is 11.8 Å². The van der Waals surface area contributed by atoms with Crippen molar-refractivity contribution in [3.8, 4) is 0 Å². The van der Waals surface area contributed by atoms with Gasteiger partial charge in [-0.15, -0.1) is 11.8 Å². The monoisotopic (exact) mass is 281 g/mol. The van der Waals surface area contributed by atoms with Crippen molar-refractivity contribution in [2.75, 3.05) is 25.5 Å². The van der Waals surface area contributed by atoms with Crippen LogP contribution in [0.15, 0.2) is 29.2 Å². The zero-order chi connectivity index (χ0) is 13.9. The summed E-state index contributed by atoms with van der Waals surface area (Å²) in [5, 5.41) is 3.41. The molecule has 0 aromatic heterocycles. The summed E-state index contributed by atoms with van der Waals surface area (Å²) in [6, 6.07) is 8.83. The Kier molecular flexibility index (Phi) is 8.97. The maximum atomic E-state index is 5.58. The maximum absolute atomic E-state index is 5.58. The van der Waals surface area contributed by atoms with E-state index in [9.17, 15) is 0 Å². The number of nitrogens with one attached hydrogen (secondary N) is 1. The van der Waals surface area contributed by atoms with E-state index in [2.05, 4.69) is 50.4 Å². The van der Waals surface area contributed by atoms with E-state index >= 15 is 0 Å².